The largest absolute Gasteiger partial charge is 0.343 e. The quantitative estimate of drug-likeness (QED) is 0.918. The third-order valence-corrected chi connectivity index (χ3v) is 5.75. The predicted octanol–water partition coefficient (Wildman–Crippen LogP) is 3.61. The van der Waals surface area contributed by atoms with Crippen LogP contribution >= 0.6 is 0 Å². The molecule has 24 heavy (non-hydrogen) atoms. The number of anilines is 1. The molecule has 1 heterocycles. The molecular weight excluding hydrogens is 300 g/mol. The van der Waals surface area contributed by atoms with Gasteiger partial charge in [-0.1, -0.05) is 25.1 Å². The summed E-state index contributed by atoms with van der Waals surface area (Å²) in [6.07, 6.45) is 6.48. The molecule has 1 fully saturated rings. The SMILES string of the molecule is CC1CCC(N(C)C(=O)CCC2Cc3ccccc3NC2=O)CC1. The summed E-state index contributed by atoms with van der Waals surface area (Å²) < 4.78 is 0. The third-order valence-electron chi connectivity index (χ3n) is 5.75. The van der Waals surface area contributed by atoms with E-state index in [9.17, 15) is 9.59 Å². The van der Waals surface area contributed by atoms with Crippen LogP contribution in [0, 0.1) is 11.8 Å². The van der Waals surface area contributed by atoms with E-state index in [-0.39, 0.29) is 17.7 Å². The van der Waals surface area contributed by atoms with Gasteiger partial charge in [-0.25, -0.2) is 0 Å². The first kappa shape index (κ1) is 17.0. The second-order valence-electron chi connectivity index (χ2n) is 7.50. The maximum atomic E-state index is 12.5. The fourth-order valence-electron chi connectivity index (χ4n) is 3.95. The smallest absolute Gasteiger partial charge is 0.227 e. The molecule has 1 aliphatic carbocycles. The van der Waals surface area contributed by atoms with Crippen molar-refractivity contribution < 1.29 is 9.59 Å². The molecular formula is C20H28N2O2. The lowest BCUT2D eigenvalue weighted by Crippen LogP contribution is -2.40. The average Bonchev–Trinajstić information content (AvgIpc) is 2.59. The number of para-hydroxylation sites is 1. The van der Waals surface area contributed by atoms with Crippen LogP contribution in [0.4, 0.5) is 5.69 Å². The summed E-state index contributed by atoms with van der Waals surface area (Å²) in [6, 6.07) is 8.31. The number of hydrogen-bond acceptors (Lipinski definition) is 2. The molecule has 0 radical (unpaired) electrons. The first-order valence-electron chi connectivity index (χ1n) is 9.19. The van der Waals surface area contributed by atoms with Gasteiger partial charge in [0.2, 0.25) is 11.8 Å². The molecule has 0 saturated heterocycles. The van der Waals surface area contributed by atoms with Gasteiger partial charge in [-0.15, -0.1) is 0 Å². The first-order valence-corrected chi connectivity index (χ1v) is 9.19. The minimum Gasteiger partial charge on any atom is -0.343 e. The van der Waals surface area contributed by atoms with E-state index >= 15 is 0 Å². The van der Waals surface area contributed by atoms with E-state index in [0.717, 1.165) is 30.9 Å². The number of benzene rings is 1. The Morgan fingerprint density at radius 3 is 2.67 bits per heavy atom. The van der Waals surface area contributed by atoms with Crippen molar-refractivity contribution in [2.24, 2.45) is 11.8 Å². The van der Waals surface area contributed by atoms with E-state index in [1.807, 2.05) is 30.1 Å². The van der Waals surface area contributed by atoms with E-state index < -0.39 is 0 Å². The molecule has 1 aromatic carbocycles. The molecule has 1 saturated carbocycles. The van der Waals surface area contributed by atoms with Crippen LogP contribution in [0.3, 0.4) is 0 Å². The number of rotatable bonds is 4. The normalized spacial score (nSPS) is 26.4. The lowest BCUT2D eigenvalue weighted by atomic mass is 9.86. The molecule has 4 nitrogen and oxygen atoms in total. The van der Waals surface area contributed by atoms with Crippen molar-refractivity contribution in [1.29, 1.82) is 0 Å². The van der Waals surface area contributed by atoms with Crippen LogP contribution < -0.4 is 5.32 Å². The van der Waals surface area contributed by atoms with Crippen LogP contribution in [0.2, 0.25) is 0 Å². The van der Waals surface area contributed by atoms with Gasteiger partial charge in [0.1, 0.15) is 0 Å². The highest BCUT2D eigenvalue weighted by Gasteiger charge is 2.28. The lowest BCUT2D eigenvalue weighted by Gasteiger charge is -2.34. The number of hydrogen-bond donors (Lipinski definition) is 1. The molecule has 2 aliphatic rings. The van der Waals surface area contributed by atoms with Crippen molar-refractivity contribution in [3.63, 3.8) is 0 Å². The van der Waals surface area contributed by atoms with Crippen LogP contribution in [-0.2, 0) is 16.0 Å². The minimum absolute atomic E-state index is 0.0515. The van der Waals surface area contributed by atoms with Crippen molar-refractivity contribution in [2.45, 2.75) is 57.9 Å². The zero-order valence-electron chi connectivity index (χ0n) is 14.8. The number of nitrogens with one attached hydrogen (secondary N) is 1. The van der Waals surface area contributed by atoms with Gasteiger partial charge >= 0.3 is 0 Å². The summed E-state index contributed by atoms with van der Waals surface area (Å²) >= 11 is 0. The fourth-order valence-corrected chi connectivity index (χ4v) is 3.95. The lowest BCUT2D eigenvalue weighted by molar-refractivity contribution is -0.133. The van der Waals surface area contributed by atoms with Gasteiger partial charge in [0, 0.05) is 31.1 Å². The standard InChI is InChI=1S/C20H28N2O2/c1-14-7-10-17(11-8-14)22(2)19(23)12-9-16-13-15-5-3-4-6-18(15)21-20(16)24/h3-6,14,16-17H,7-13H2,1-2H3,(H,21,24). The molecule has 0 aromatic heterocycles. The summed E-state index contributed by atoms with van der Waals surface area (Å²) in [5.41, 5.74) is 2.09. The van der Waals surface area contributed by atoms with E-state index in [2.05, 4.69) is 18.3 Å². The Kier molecular flexibility index (Phi) is 5.22. The number of carbonyl (C=O) groups excluding carboxylic acids is 2. The molecule has 4 heteroatoms. The van der Waals surface area contributed by atoms with Crippen LogP contribution in [0.15, 0.2) is 24.3 Å². The molecule has 130 valence electrons. The zero-order valence-corrected chi connectivity index (χ0v) is 14.8. The maximum absolute atomic E-state index is 12.5. The molecule has 0 spiro atoms. The fraction of sp³-hybridized carbons (Fsp3) is 0.600. The van der Waals surface area contributed by atoms with Crippen molar-refractivity contribution in [1.82, 2.24) is 4.90 Å². The molecule has 1 atom stereocenters. The monoisotopic (exact) mass is 328 g/mol. The summed E-state index contributed by atoms with van der Waals surface area (Å²) in [6.45, 7) is 2.29. The number of carbonyl (C=O) groups is 2. The van der Waals surface area contributed by atoms with Gasteiger partial charge in [0.25, 0.3) is 0 Å². The van der Waals surface area contributed by atoms with Crippen molar-refractivity contribution in [3.8, 4) is 0 Å². The maximum Gasteiger partial charge on any atom is 0.227 e. The number of fused-ring (bicyclic) bond motifs is 1. The van der Waals surface area contributed by atoms with Gasteiger partial charge < -0.3 is 10.2 Å². The Balaban J connectivity index is 1.52. The van der Waals surface area contributed by atoms with Crippen LogP contribution in [0.5, 0.6) is 0 Å². The predicted molar refractivity (Wildman–Crippen MR) is 95.7 cm³/mol. The summed E-state index contributed by atoms with van der Waals surface area (Å²) in [4.78, 5) is 26.7. The summed E-state index contributed by atoms with van der Waals surface area (Å²) in [5, 5.41) is 2.97. The molecule has 3 rings (SSSR count). The van der Waals surface area contributed by atoms with Gasteiger partial charge in [-0.3, -0.25) is 9.59 Å². The highest BCUT2D eigenvalue weighted by atomic mass is 16.2. The van der Waals surface area contributed by atoms with E-state index in [1.165, 1.54) is 18.4 Å². The zero-order chi connectivity index (χ0) is 17.1. The minimum atomic E-state index is -0.0939. The Morgan fingerprint density at radius 1 is 1.21 bits per heavy atom. The Bertz CT molecular complexity index is 605. The molecule has 1 aliphatic heterocycles. The van der Waals surface area contributed by atoms with E-state index in [1.54, 1.807) is 0 Å². The van der Waals surface area contributed by atoms with Gasteiger partial charge in [0.15, 0.2) is 0 Å². The van der Waals surface area contributed by atoms with Gasteiger partial charge in [-0.05, 0) is 56.1 Å². The molecule has 1 unspecified atom stereocenters. The Hall–Kier alpha value is -1.84. The van der Waals surface area contributed by atoms with Gasteiger partial charge in [0.05, 0.1) is 0 Å². The average molecular weight is 328 g/mol. The van der Waals surface area contributed by atoms with E-state index in [4.69, 9.17) is 0 Å². The highest BCUT2D eigenvalue weighted by Crippen LogP contribution is 2.29. The topological polar surface area (TPSA) is 49.4 Å². The number of amides is 2. The van der Waals surface area contributed by atoms with Crippen molar-refractivity contribution >= 4 is 17.5 Å². The third kappa shape index (κ3) is 3.80. The first-order chi connectivity index (χ1) is 11.5. The van der Waals surface area contributed by atoms with Crippen LogP contribution in [-0.4, -0.2) is 29.8 Å². The molecule has 0 bridgehead atoms. The molecule has 2 amide bonds. The second-order valence-corrected chi connectivity index (χ2v) is 7.50. The van der Waals surface area contributed by atoms with Crippen molar-refractivity contribution in [2.75, 3.05) is 12.4 Å². The molecule has 1 aromatic rings. The second kappa shape index (κ2) is 7.37. The van der Waals surface area contributed by atoms with Crippen LogP contribution in [0.25, 0.3) is 0 Å². The molecule has 1 N–H and O–H groups in total. The Labute approximate surface area is 144 Å². The number of nitrogens with zero attached hydrogens (tertiary/aromatic N) is 1. The summed E-state index contributed by atoms with van der Waals surface area (Å²) in [5.74, 6) is 0.927. The van der Waals surface area contributed by atoms with Crippen LogP contribution in [0.1, 0.15) is 51.0 Å². The van der Waals surface area contributed by atoms with Crippen molar-refractivity contribution in [3.05, 3.63) is 29.8 Å². The van der Waals surface area contributed by atoms with E-state index in [0.29, 0.717) is 18.9 Å². The Morgan fingerprint density at radius 2 is 1.92 bits per heavy atom. The van der Waals surface area contributed by atoms with Gasteiger partial charge in [-0.2, -0.15) is 0 Å². The summed E-state index contributed by atoms with van der Waals surface area (Å²) in [7, 11) is 1.93. The highest BCUT2D eigenvalue weighted by molar-refractivity contribution is 5.96.